The fraction of sp³-hybridized carbons (Fsp3) is 0.111. The maximum absolute atomic E-state index is 5.77. The van der Waals surface area contributed by atoms with Crippen LogP contribution in [0.2, 0.25) is 5.15 Å². The second kappa shape index (κ2) is 3.44. The van der Waals surface area contributed by atoms with Crippen molar-refractivity contribution in [1.29, 1.82) is 0 Å². The van der Waals surface area contributed by atoms with Crippen LogP contribution in [0.4, 0.5) is 0 Å². The summed E-state index contributed by atoms with van der Waals surface area (Å²) in [5.74, 6) is 0. The molecule has 2 nitrogen and oxygen atoms in total. The molecule has 0 spiro atoms. The van der Waals surface area contributed by atoms with Crippen LogP contribution < -0.4 is 0 Å². The smallest absolute Gasteiger partial charge is 0.148 e. The molecule has 2 heterocycles. The molecule has 2 aromatic heterocycles. The van der Waals surface area contributed by atoms with Crippen molar-refractivity contribution >= 4 is 22.9 Å². The minimum absolute atomic E-state index is 0.473. The lowest BCUT2D eigenvalue weighted by Gasteiger charge is -1.98. The molecule has 0 bridgehead atoms. The van der Waals surface area contributed by atoms with Gasteiger partial charge < -0.3 is 0 Å². The molecule has 0 aliphatic rings. The van der Waals surface area contributed by atoms with Crippen molar-refractivity contribution in [3.8, 4) is 10.6 Å². The SMILES string of the molecule is Cc1cc(-c2cccs2)nnc1Cl. The Morgan fingerprint density at radius 2 is 2.23 bits per heavy atom. The number of halogens is 1. The molecule has 0 atom stereocenters. The Labute approximate surface area is 85.2 Å². The van der Waals surface area contributed by atoms with Crippen LogP contribution in [-0.4, -0.2) is 10.2 Å². The average molecular weight is 211 g/mol. The zero-order chi connectivity index (χ0) is 9.26. The van der Waals surface area contributed by atoms with E-state index in [1.165, 1.54) is 0 Å². The highest BCUT2D eigenvalue weighted by molar-refractivity contribution is 7.13. The molecule has 0 radical (unpaired) electrons. The summed E-state index contributed by atoms with van der Waals surface area (Å²) >= 11 is 7.42. The van der Waals surface area contributed by atoms with Crippen molar-refractivity contribution in [2.24, 2.45) is 0 Å². The molecule has 0 aromatic carbocycles. The molecular formula is C9H7ClN2S. The highest BCUT2D eigenvalue weighted by atomic mass is 35.5. The molecule has 2 rings (SSSR count). The van der Waals surface area contributed by atoms with E-state index >= 15 is 0 Å². The van der Waals surface area contributed by atoms with Gasteiger partial charge in [0.2, 0.25) is 0 Å². The van der Waals surface area contributed by atoms with E-state index in [0.29, 0.717) is 5.15 Å². The van der Waals surface area contributed by atoms with Gasteiger partial charge >= 0.3 is 0 Å². The van der Waals surface area contributed by atoms with Crippen LogP contribution in [-0.2, 0) is 0 Å². The topological polar surface area (TPSA) is 25.8 Å². The molecule has 4 heteroatoms. The lowest BCUT2D eigenvalue weighted by molar-refractivity contribution is 1.03. The largest absolute Gasteiger partial charge is 0.154 e. The predicted molar refractivity (Wildman–Crippen MR) is 55.1 cm³/mol. The summed E-state index contributed by atoms with van der Waals surface area (Å²) in [7, 11) is 0. The average Bonchev–Trinajstić information content (AvgIpc) is 2.62. The number of hydrogen-bond acceptors (Lipinski definition) is 3. The summed E-state index contributed by atoms with van der Waals surface area (Å²) in [4.78, 5) is 1.12. The Kier molecular flexibility index (Phi) is 2.29. The van der Waals surface area contributed by atoms with Crippen molar-refractivity contribution < 1.29 is 0 Å². The van der Waals surface area contributed by atoms with Gasteiger partial charge in [0.1, 0.15) is 5.69 Å². The molecule has 0 N–H and O–H groups in total. The van der Waals surface area contributed by atoms with E-state index < -0.39 is 0 Å². The third-order valence-corrected chi connectivity index (χ3v) is 2.96. The third-order valence-electron chi connectivity index (χ3n) is 1.70. The van der Waals surface area contributed by atoms with Crippen molar-refractivity contribution in [3.63, 3.8) is 0 Å². The molecule has 0 unspecified atom stereocenters. The highest BCUT2D eigenvalue weighted by Gasteiger charge is 2.03. The fourth-order valence-electron chi connectivity index (χ4n) is 1.01. The molecule has 0 aliphatic carbocycles. The first kappa shape index (κ1) is 8.66. The van der Waals surface area contributed by atoms with E-state index in [1.54, 1.807) is 11.3 Å². The highest BCUT2D eigenvalue weighted by Crippen LogP contribution is 2.24. The van der Waals surface area contributed by atoms with Crippen molar-refractivity contribution in [1.82, 2.24) is 10.2 Å². The van der Waals surface area contributed by atoms with E-state index in [9.17, 15) is 0 Å². The van der Waals surface area contributed by atoms with Gasteiger partial charge in [0.25, 0.3) is 0 Å². The molecule has 0 fully saturated rings. The molecule has 13 heavy (non-hydrogen) atoms. The second-order valence-electron chi connectivity index (χ2n) is 2.68. The Balaban J connectivity index is 2.49. The lowest BCUT2D eigenvalue weighted by atomic mass is 10.2. The summed E-state index contributed by atoms with van der Waals surface area (Å²) in [6, 6.07) is 5.95. The molecule has 2 aromatic rings. The van der Waals surface area contributed by atoms with Gasteiger partial charge in [0.05, 0.1) is 4.88 Å². The summed E-state index contributed by atoms with van der Waals surface area (Å²) in [5.41, 5.74) is 1.84. The zero-order valence-corrected chi connectivity index (χ0v) is 8.56. The van der Waals surface area contributed by atoms with Gasteiger partial charge in [0.15, 0.2) is 5.15 Å². The van der Waals surface area contributed by atoms with E-state index in [2.05, 4.69) is 10.2 Å². The minimum Gasteiger partial charge on any atom is -0.148 e. The van der Waals surface area contributed by atoms with Crippen molar-refractivity contribution in [3.05, 3.63) is 34.3 Å². The van der Waals surface area contributed by atoms with Crippen molar-refractivity contribution in [2.45, 2.75) is 6.92 Å². The van der Waals surface area contributed by atoms with E-state index in [4.69, 9.17) is 11.6 Å². The Hall–Kier alpha value is -0.930. The van der Waals surface area contributed by atoms with Crippen LogP contribution in [0, 0.1) is 6.92 Å². The summed E-state index contributed by atoms with van der Waals surface area (Å²) in [6.45, 7) is 1.92. The minimum atomic E-state index is 0.473. The van der Waals surface area contributed by atoms with Gasteiger partial charge in [-0.05, 0) is 30.0 Å². The zero-order valence-electron chi connectivity index (χ0n) is 6.99. The number of aromatic nitrogens is 2. The van der Waals surface area contributed by atoms with Crippen LogP contribution in [0.15, 0.2) is 23.6 Å². The number of thiophene rings is 1. The van der Waals surface area contributed by atoms with Crippen LogP contribution in [0.1, 0.15) is 5.56 Å². The maximum atomic E-state index is 5.77. The molecular weight excluding hydrogens is 204 g/mol. The normalized spacial score (nSPS) is 10.3. The first-order valence-corrected chi connectivity index (χ1v) is 5.07. The van der Waals surface area contributed by atoms with Crippen LogP contribution in [0.25, 0.3) is 10.6 Å². The second-order valence-corrected chi connectivity index (χ2v) is 3.99. The molecule has 0 saturated carbocycles. The van der Waals surface area contributed by atoms with Gasteiger partial charge in [-0.3, -0.25) is 0 Å². The first-order chi connectivity index (χ1) is 6.27. The third kappa shape index (κ3) is 1.71. The molecule has 0 amide bonds. The van der Waals surface area contributed by atoms with Gasteiger partial charge in [0, 0.05) is 0 Å². The van der Waals surface area contributed by atoms with Gasteiger partial charge in [-0.15, -0.1) is 21.5 Å². The van der Waals surface area contributed by atoms with Crippen LogP contribution >= 0.6 is 22.9 Å². The Morgan fingerprint density at radius 1 is 1.38 bits per heavy atom. The lowest BCUT2D eigenvalue weighted by Crippen LogP contribution is -1.88. The monoisotopic (exact) mass is 210 g/mol. The summed E-state index contributed by atoms with van der Waals surface area (Å²) in [6.07, 6.45) is 0. The number of rotatable bonds is 1. The molecule has 66 valence electrons. The Bertz CT molecular complexity index is 412. The number of nitrogens with zero attached hydrogens (tertiary/aromatic N) is 2. The van der Waals surface area contributed by atoms with E-state index in [1.807, 2.05) is 30.5 Å². The maximum Gasteiger partial charge on any atom is 0.154 e. The van der Waals surface area contributed by atoms with Gasteiger partial charge in [-0.2, -0.15) is 0 Å². The van der Waals surface area contributed by atoms with Crippen molar-refractivity contribution in [2.75, 3.05) is 0 Å². The number of hydrogen-bond donors (Lipinski definition) is 0. The fourth-order valence-corrected chi connectivity index (χ4v) is 1.79. The van der Waals surface area contributed by atoms with E-state index in [0.717, 1.165) is 16.1 Å². The van der Waals surface area contributed by atoms with E-state index in [-0.39, 0.29) is 0 Å². The number of aryl methyl sites for hydroxylation is 1. The summed E-state index contributed by atoms with van der Waals surface area (Å²) < 4.78 is 0. The first-order valence-electron chi connectivity index (χ1n) is 3.81. The quantitative estimate of drug-likeness (QED) is 0.723. The predicted octanol–water partition coefficient (Wildman–Crippen LogP) is 3.17. The van der Waals surface area contributed by atoms with Gasteiger partial charge in [-0.1, -0.05) is 17.7 Å². The van der Waals surface area contributed by atoms with Crippen LogP contribution in [0.3, 0.4) is 0 Å². The van der Waals surface area contributed by atoms with Gasteiger partial charge in [-0.25, -0.2) is 0 Å². The standard InChI is InChI=1S/C9H7ClN2S/c1-6-5-7(11-12-9(6)10)8-3-2-4-13-8/h2-5H,1H3. The molecule has 0 aliphatic heterocycles. The molecule has 0 saturated heterocycles. The Morgan fingerprint density at radius 3 is 2.85 bits per heavy atom. The summed E-state index contributed by atoms with van der Waals surface area (Å²) in [5, 5.41) is 10.4. The van der Waals surface area contributed by atoms with Crippen LogP contribution in [0.5, 0.6) is 0 Å².